The van der Waals surface area contributed by atoms with Crippen molar-refractivity contribution in [2.45, 2.75) is 13.0 Å². The van der Waals surface area contributed by atoms with Crippen LogP contribution in [-0.2, 0) is 0 Å². The van der Waals surface area contributed by atoms with E-state index in [1.165, 1.54) is 0 Å². The molecule has 0 bridgehead atoms. The van der Waals surface area contributed by atoms with Gasteiger partial charge in [-0.3, -0.25) is 0 Å². The molecule has 68 valence electrons. The Kier molecular flexibility index (Phi) is 3.32. The normalized spacial score (nSPS) is 11.8. The minimum Gasteiger partial charge on any atom is -0.497 e. The number of rotatable bonds is 2. The Labute approximate surface area is 86.5 Å². The predicted octanol–water partition coefficient (Wildman–Crippen LogP) is 3.44. The first-order chi connectivity index (χ1) is 6.19. The topological polar surface area (TPSA) is 13.6 Å². The zero-order valence-corrected chi connectivity index (χ0v) is 9.13. The third-order valence-corrected chi connectivity index (χ3v) is 2.54. The van der Waals surface area contributed by atoms with Gasteiger partial charge in [0.15, 0.2) is 0 Å². The maximum atomic E-state index is 6.91. The van der Waals surface area contributed by atoms with Crippen LogP contribution in [0.25, 0.3) is 4.85 Å². The molecular formula is C10H10BrNO. The fourth-order valence-electron chi connectivity index (χ4n) is 1.04. The molecule has 1 aromatic rings. The maximum Gasteiger partial charge on any atom is 0.247 e. The van der Waals surface area contributed by atoms with Gasteiger partial charge < -0.3 is 9.58 Å². The van der Waals surface area contributed by atoms with Crippen molar-refractivity contribution in [1.29, 1.82) is 0 Å². The summed E-state index contributed by atoms with van der Waals surface area (Å²) < 4.78 is 5.98. The van der Waals surface area contributed by atoms with Gasteiger partial charge in [0, 0.05) is 17.0 Å². The minimum atomic E-state index is -0.111. The second kappa shape index (κ2) is 4.29. The quantitative estimate of drug-likeness (QED) is 0.722. The molecule has 1 unspecified atom stereocenters. The largest absolute Gasteiger partial charge is 0.497 e. The van der Waals surface area contributed by atoms with Gasteiger partial charge in [0.1, 0.15) is 5.75 Å². The number of hydrogen-bond donors (Lipinski definition) is 0. The molecule has 1 aromatic carbocycles. The highest BCUT2D eigenvalue weighted by Crippen LogP contribution is 2.29. The van der Waals surface area contributed by atoms with Crippen molar-refractivity contribution in [3.05, 3.63) is 39.7 Å². The molecule has 0 amide bonds. The summed E-state index contributed by atoms with van der Waals surface area (Å²) in [5.41, 5.74) is 0.996. The molecule has 0 spiro atoms. The zero-order chi connectivity index (χ0) is 9.84. The number of benzene rings is 1. The van der Waals surface area contributed by atoms with Gasteiger partial charge in [-0.2, -0.15) is 0 Å². The van der Waals surface area contributed by atoms with E-state index in [1.807, 2.05) is 25.1 Å². The highest BCUT2D eigenvalue weighted by molar-refractivity contribution is 9.10. The predicted molar refractivity (Wildman–Crippen MR) is 55.7 cm³/mol. The molecule has 0 aliphatic carbocycles. The van der Waals surface area contributed by atoms with Crippen LogP contribution < -0.4 is 4.74 Å². The number of ether oxygens (including phenoxy) is 1. The standard InChI is InChI=1S/C10H10BrNO/c1-7(12-2)9-5-4-8(13-3)6-10(9)11/h4-7H,1,3H3. The van der Waals surface area contributed by atoms with E-state index in [9.17, 15) is 0 Å². The van der Waals surface area contributed by atoms with E-state index in [0.29, 0.717) is 0 Å². The number of halogens is 1. The van der Waals surface area contributed by atoms with E-state index in [-0.39, 0.29) is 6.04 Å². The van der Waals surface area contributed by atoms with Crippen LogP contribution in [0.3, 0.4) is 0 Å². The number of methoxy groups -OCH3 is 1. The fraction of sp³-hybridized carbons (Fsp3) is 0.300. The van der Waals surface area contributed by atoms with Crippen LogP contribution in [0.5, 0.6) is 5.75 Å². The molecule has 0 radical (unpaired) electrons. The van der Waals surface area contributed by atoms with Crippen LogP contribution in [0.2, 0.25) is 0 Å². The summed E-state index contributed by atoms with van der Waals surface area (Å²) >= 11 is 3.41. The molecule has 0 saturated carbocycles. The zero-order valence-electron chi connectivity index (χ0n) is 7.54. The molecule has 0 aromatic heterocycles. The van der Waals surface area contributed by atoms with E-state index in [0.717, 1.165) is 15.8 Å². The smallest absolute Gasteiger partial charge is 0.247 e. The molecular weight excluding hydrogens is 230 g/mol. The lowest BCUT2D eigenvalue weighted by molar-refractivity contribution is 0.414. The molecule has 0 N–H and O–H groups in total. The van der Waals surface area contributed by atoms with Crippen LogP contribution in [0.1, 0.15) is 18.5 Å². The van der Waals surface area contributed by atoms with Crippen LogP contribution in [0.15, 0.2) is 22.7 Å². The van der Waals surface area contributed by atoms with Crippen LogP contribution in [0, 0.1) is 6.57 Å². The lowest BCUT2D eigenvalue weighted by atomic mass is 10.1. The van der Waals surface area contributed by atoms with E-state index in [4.69, 9.17) is 11.3 Å². The Morgan fingerprint density at radius 1 is 1.54 bits per heavy atom. The van der Waals surface area contributed by atoms with Gasteiger partial charge >= 0.3 is 0 Å². The van der Waals surface area contributed by atoms with E-state index >= 15 is 0 Å². The molecule has 2 nitrogen and oxygen atoms in total. The third-order valence-electron chi connectivity index (χ3n) is 1.85. The van der Waals surface area contributed by atoms with Gasteiger partial charge in [-0.15, -0.1) is 0 Å². The van der Waals surface area contributed by atoms with Gasteiger partial charge in [0.05, 0.1) is 7.11 Å². The molecule has 13 heavy (non-hydrogen) atoms. The molecule has 3 heteroatoms. The summed E-state index contributed by atoms with van der Waals surface area (Å²) in [6.45, 7) is 8.79. The van der Waals surface area contributed by atoms with E-state index in [1.54, 1.807) is 7.11 Å². The van der Waals surface area contributed by atoms with Crippen LogP contribution >= 0.6 is 15.9 Å². The third kappa shape index (κ3) is 2.22. The van der Waals surface area contributed by atoms with Crippen molar-refractivity contribution in [3.63, 3.8) is 0 Å². The SMILES string of the molecule is [C-]#[N+]C(C)c1ccc(OC)cc1Br. The van der Waals surface area contributed by atoms with Crippen molar-refractivity contribution in [1.82, 2.24) is 0 Å². The first-order valence-electron chi connectivity index (χ1n) is 3.89. The van der Waals surface area contributed by atoms with Crippen molar-refractivity contribution < 1.29 is 4.74 Å². The van der Waals surface area contributed by atoms with Gasteiger partial charge in [-0.05, 0) is 18.2 Å². The summed E-state index contributed by atoms with van der Waals surface area (Å²) in [7, 11) is 1.62. The lowest BCUT2D eigenvalue weighted by Gasteiger charge is -2.05. The summed E-state index contributed by atoms with van der Waals surface area (Å²) in [6.07, 6.45) is 0. The van der Waals surface area contributed by atoms with E-state index in [2.05, 4.69) is 20.8 Å². The molecule has 0 aliphatic heterocycles. The van der Waals surface area contributed by atoms with Crippen molar-refractivity contribution >= 4 is 15.9 Å². The van der Waals surface area contributed by atoms with E-state index < -0.39 is 0 Å². The molecule has 1 rings (SSSR count). The average Bonchev–Trinajstić information content (AvgIpc) is 2.16. The molecule has 0 heterocycles. The monoisotopic (exact) mass is 239 g/mol. The molecule has 1 atom stereocenters. The van der Waals surface area contributed by atoms with Crippen LogP contribution in [-0.4, -0.2) is 7.11 Å². The first-order valence-corrected chi connectivity index (χ1v) is 4.68. The Balaban J connectivity index is 3.06. The van der Waals surface area contributed by atoms with Gasteiger partial charge in [-0.1, -0.05) is 15.9 Å². The van der Waals surface area contributed by atoms with Crippen molar-refractivity contribution in [2.75, 3.05) is 7.11 Å². The summed E-state index contributed by atoms with van der Waals surface area (Å²) in [4.78, 5) is 3.45. The Morgan fingerprint density at radius 2 is 2.23 bits per heavy atom. The first kappa shape index (κ1) is 10.1. The average molecular weight is 240 g/mol. The van der Waals surface area contributed by atoms with Gasteiger partial charge in [0.25, 0.3) is 0 Å². The Hall–Kier alpha value is -1.01. The summed E-state index contributed by atoms with van der Waals surface area (Å²) in [5, 5.41) is 0. The van der Waals surface area contributed by atoms with Crippen LogP contribution in [0.4, 0.5) is 0 Å². The number of nitrogens with zero attached hydrogens (tertiary/aromatic N) is 1. The van der Waals surface area contributed by atoms with Gasteiger partial charge in [0.2, 0.25) is 6.04 Å². The lowest BCUT2D eigenvalue weighted by Crippen LogP contribution is -1.90. The summed E-state index contributed by atoms with van der Waals surface area (Å²) in [6, 6.07) is 5.53. The second-order valence-electron chi connectivity index (χ2n) is 2.69. The highest BCUT2D eigenvalue weighted by Gasteiger charge is 2.12. The Morgan fingerprint density at radius 3 is 2.69 bits per heavy atom. The molecule has 0 fully saturated rings. The fourth-order valence-corrected chi connectivity index (χ4v) is 1.73. The molecule has 0 saturated heterocycles. The highest BCUT2D eigenvalue weighted by atomic mass is 79.9. The number of hydrogen-bond acceptors (Lipinski definition) is 1. The minimum absolute atomic E-state index is 0.111. The maximum absolute atomic E-state index is 6.91. The second-order valence-corrected chi connectivity index (χ2v) is 3.55. The van der Waals surface area contributed by atoms with Crippen molar-refractivity contribution in [3.8, 4) is 5.75 Å². The summed E-state index contributed by atoms with van der Waals surface area (Å²) in [5.74, 6) is 0.799. The Bertz CT molecular complexity index is 343. The molecule has 0 aliphatic rings. The van der Waals surface area contributed by atoms with Crippen molar-refractivity contribution in [2.24, 2.45) is 0 Å². The van der Waals surface area contributed by atoms with Gasteiger partial charge in [-0.25, -0.2) is 6.57 Å².